The van der Waals surface area contributed by atoms with Gasteiger partial charge in [-0.1, -0.05) is 0 Å². The van der Waals surface area contributed by atoms with Crippen LogP contribution in [0.25, 0.3) is 10.2 Å². The quantitative estimate of drug-likeness (QED) is 0.942. The van der Waals surface area contributed by atoms with Gasteiger partial charge in [0.2, 0.25) is 0 Å². The maximum Gasteiger partial charge on any atom is 0.141 e. The molecule has 2 aromatic rings. The van der Waals surface area contributed by atoms with E-state index in [-0.39, 0.29) is 0 Å². The molecule has 3 rings (SSSR count). The third-order valence-corrected chi connectivity index (χ3v) is 5.19. The summed E-state index contributed by atoms with van der Waals surface area (Å²) in [5.41, 5.74) is 0.717. The van der Waals surface area contributed by atoms with Crippen molar-refractivity contribution in [2.75, 3.05) is 18.0 Å². The van der Waals surface area contributed by atoms with Crippen LogP contribution in [0.1, 0.15) is 44.1 Å². The number of aliphatic hydroxyl groups is 1. The SMILES string of the molecule is CCN(CC(C)(C)O)c1ncnc2sc3c(c12)CCCC3. The van der Waals surface area contributed by atoms with Crippen LogP contribution in [0.5, 0.6) is 0 Å². The van der Waals surface area contributed by atoms with Crippen LogP contribution < -0.4 is 4.90 Å². The standard InChI is InChI=1S/C16H23N3OS/c1-4-19(9-16(2,3)20)14-13-11-7-5-6-8-12(11)21-15(13)18-10-17-14/h10,20H,4-9H2,1-3H3. The summed E-state index contributed by atoms with van der Waals surface area (Å²) in [5.74, 6) is 0.990. The lowest BCUT2D eigenvalue weighted by Gasteiger charge is -2.29. The van der Waals surface area contributed by atoms with E-state index < -0.39 is 5.60 Å². The highest BCUT2D eigenvalue weighted by Gasteiger charge is 2.24. The fourth-order valence-electron chi connectivity index (χ4n) is 3.12. The molecule has 0 aliphatic heterocycles. The minimum absolute atomic E-state index is 0.584. The summed E-state index contributed by atoms with van der Waals surface area (Å²) >= 11 is 1.82. The molecule has 0 saturated heterocycles. The number of likely N-dealkylation sites (N-methyl/N-ethyl adjacent to an activating group) is 1. The minimum Gasteiger partial charge on any atom is -0.389 e. The van der Waals surface area contributed by atoms with E-state index in [0.29, 0.717) is 6.54 Å². The molecule has 4 nitrogen and oxygen atoms in total. The van der Waals surface area contributed by atoms with Crippen LogP contribution in [0.15, 0.2) is 6.33 Å². The molecule has 21 heavy (non-hydrogen) atoms. The number of aromatic nitrogens is 2. The Balaban J connectivity index is 2.11. The topological polar surface area (TPSA) is 49.2 Å². The molecule has 0 aromatic carbocycles. The molecule has 5 heteroatoms. The van der Waals surface area contributed by atoms with E-state index in [1.54, 1.807) is 6.33 Å². The predicted octanol–water partition coefficient (Wildman–Crippen LogP) is 3.17. The zero-order valence-electron chi connectivity index (χ0n) is 13.0. The third kappa shape index (κ3) is 2.90. The van der Waals surface area contributed by atoms with Gasteiger partial charge in [-0.2, -0.15) is 0 Å². The van der Waals surface area contributed by atoms with Crippen molar-refractivity contribution < 1.29 is 5.11 Å². The predicted molar refractivity (Wildman–Crippen MR) is 88.2 cm³/mol. The number of rotatable bonds is 4. The lowest BCUT2D eigenvalue weighted by atomic mass is 9.97. The van der Waals surface area contributed by atoms with Gasteiger partial charge in [0.1, 0.15) is 17.0 Å². The zero-order chi connectivity index (χ0) is 15.0. The molecule has 0 radical (unpaired) electrons. The number of aryl methyl sites for hydroxylation is 2. The lowest BCUT2D eigenvalue weighted by Crippen LogP contribution is -2.39. The molecule has 0 fully saturated rings. The van der Waals surface area contributed by atoms with E-state index in [4.69, 9.17) is 0 Å². The molecule has 0 atom stereocenters. The molecule has 0 amide bonds. The smallest absolute Gasteiger partial charge is 0.141 e. The van der Waals surface area contributed by atoms with Crippen molar-refractivity contribution in [1.29, 1.82) is 0 Å². The maximum atomic E-state index is 10.2. The van der Waals surface area contributed by atoms with Crippen LogP contribution in [0.3, 0.4) is 0 Å². The average Bonchev–Trinajstić information content (AvgIpc) is 2.82. The summed E-state index contributed by atoms with van der Waals surface area (Å²) < 4.78 is 0. The average molecular weight is 305 g/mol. The van der Waals surface area contributed by atoms with Crippen LogP contribution in [-0.2, 0) is 12.8 Å². The van der Waals surface area contributed by atoms with Crippen molar-refractivity contribution in [3.05, 3.63) is 16.8 Å². The van der Waals surface area contributed by atoms with Gasteiger partial charge < -0.3 is 10.0 Å². The Hall–Kier alpha value is -1.20. The van der Waals surface area contributed by atoms with Gasteiger partial charge in [0.25, 0.3) is 0 Å². The molecule has 114 valence electrons. The number of fused-ring (bicyclic) bond motifs is 3. The van der Waals surface area contributed by atoms with Crippen LogP contribution in [0.2, 0.25) is 0 Å². The van der Waals surface area contributed by atoms with Crippen molar-refractivity contribution in [1.82, 2.24) is 9.97 Å². The highest BCUT2D eigenvalue weighted by atomic mass is 32.1. The number of nitrogens with zero attached hydrogens (tertiary/aromatic N) is 3. The van der Waals surface area contributed by atoms with E-state index in [0.717, 1.165) is 23.6 Å². The van der Waals surface area contributed by atoms with Gasteiger partial charge in [-0.05, 0) is 52.0 Å². The Labute approximate surface area is 129 Å². The summed E-state index contributed by atoms with van der Waals surface area (Å²) in [6.07, 6.45) is 6.50. The van der Waals surface area contributed by atoms with E-state index in [9.17, 15) is 5.11 Å². The van der Waals surface area contributed by atoms with Gasteiger partial charge in [0.05, 0.1) is 11.0 Å². The van der Waals surface area contributed by atoms with E-state index in [2.05, 4.69) is 21.8 Å². The van der Waals surface area contributed by atoms with Crippen molar-refractivity contribution in [2.24, 2.45) is 0 Å². The van der Waals surface area contributed by atoms with Gasteiger partial charge >= 0.3 is 0 Å². The molecule has 2 heterocycles. The second-order valence-electron chi connectivity index (χ2n) is 6.41. The van der Waals surface area contributed by atoms with Gasteiger partial charge in [-0.3, -0.25) is 0 Å². The van der Waals surface area contributed by atoms with E-state index in [1.165, 1.54) is 35.1 Å². The van der Waals surface area contributed by atoms with Crippen molar-refractivity contribution in [3.8, 4) is 0 Å². The molecule has 0 bridgehead atoms. The van der Waals surface area contributed by atoms with Crippen molar-refractivity contribution in [3.63, 3.8) is 0 Å². The highest BCUT2D eigenvalue weighted by Crippen LogP contribution is 2.39. The number of hydrogen-bond donors (Lipinski definition) is 1. The first-order valence-electron chi connectivity index (χ1n) is 7.72. The van der Waals surface area contributed by atoms with E-state index >= 15 is 0 Å². The summed E-state index contributed by atoms with van der Waals surface area (Å²) in [5, 5.41) is 11.4. The number of anilines is 1. The number of thiophene rings is 1. The molecular formula is C16H23N3OS. The van der Waals surface area contributed by atoms with Crippen molar-refractivity contribution in [2.45, 2.75) is 52.1 Å². The fraction of sp³-hybridized carbons (Fsp3) is 0.625. The summed E-state index contributed by atoms with van der Waals surface area (Å²) in [6.45, 7) is 7.22. The monoisotopic (exact) mass is 305 g/mol. The fourth-order valence-corrected chi connectivity index (χ4v) is 4.34. The summed E-state index contributed by atoms with van der Waals surface area (Å²) in [7, 11) is 0. The molecule has 0 unspecified atom stereocenters. The first-order chi connectivity index (χ1) is 9.99. The van der Waals surface area contributed by atoms with Crippen LogP contribution in [0.4, 0.5) is 5.82 Å². The summed E-state index contributed by atoms with van der Waals surface area (Å²) in [4.78, 5) is 13.8. The minimum atomic E-state index is -0.733. The maximum absolute atomic E-state index is 10.2. The lowest BCUT2D eigenvalue weighted by molar-refractivity contribution is 0.0875. The normalized spacial score (nSPS) is 15.2. The van der Waals surface area contributed by atoms with Gasteiger partial charge in [-0.15, -0.1) is 11.3 Å². The third-order valence-electron chi connectivity index (χ3n) is 3.99. The van der Waals surface area contributed by atoms with Gasteiger partial charge in [0, 0.05) is 18.0 Å². The zero-order valence-corrected chi connectivity index (χ0v) is 13.8. The Kier molecular flexibility index (Phi) is 3.88. The Bertz CT molecular complexity index is 645. The molecule has 1 aliphatic rings. The first-order valence-corrected chi connectivity index (χ1v) is 8.54. The van der Waals surface area contributed by atoms with Gasteiger partial charge in [-0.25, -0.2) is 9.97 Å². The number of hydrogen-bond acceptors (Lipinski definition) is 5. The Morgan fingerprint density at radius 1 is 1.29 bits per heavy atom. The molecule has 0 spiro atoms. The molecule has 0 saturated carbocycles. The van der Waals surface area contributed by atoms with Gasteiger partial charge in [0.15, 0.2) is 0 Å². The largest absolute Gasteiger partial charge is 0.389 e. The summed E-state index contributed by atoms with van der Waals surface area (Å²) in [6, 6.07) is 0. The van der Waals surface area contributed by atoms with Crippen LogP contribution >= 0.6 is 11.3 Å². The first kappa shape index (κ1) is 14.7. The molecule has 1 aliphatic carbocycles. The highest BCUT2D eigenvalue weighted by molar-refractivity contribution is 7.19. The molecular weight excluding hydrogens is 282 g/mol. The van der Waals surface area contributed by atoms with E-state index in [1.807, 2.05) is 25.2 Å². The second-order valence-corrected chi connectivity index (χ2v) is 7.50. The Morgan fingerprint density at radius 2 is 2.05 bits per heavy atom. The van der Waals surface area contributed by atoms with Crippen molar-refractivity contribution >= 4 is 27.4 Å². The molecule has 2 aromatic heterocycles. The van der Waals surface area contributed by atoms with Crippen LogP contribution in [0, 0.1) is 0 Å². The second kappa shape index (κ2) is 5.54. The van der Waals surface area contributed by atoms with Crippen LogP contribution in [-0.4, -0.2) is 33.8 Å². The molecule has 1 N–H and O–H groups in total. The Morgan fingerprint density at radius 3 is 2.76 bits per heavy atom.